The maximum atomic E-state index is 10.9. The summed E-state index contributed by atoms with van der Waals surface area (Å²) in [7, 11) is 0. The van der Waals surface area contributed by atoms with Crippen LogP contribution in [0.3, 0.4) is 0 Å². The molecule has 3 heteroatoms. The standard InChI is InChI=1S/C11H19NO2/c1-8(2)9-5-12(6-9)7-11(3-4-11)10(13)14/h8-9H,3-7H2,1-2H3,(H,13,14). The summed E-state index contributed by atoms with van der Waals surface area (Å²) < 4.78 is 0. The van der Waals surface area contributed by atoms with Crippen molar-refractivity contribution < 1.29 is 9.90 Å². The molecule has 2 aliphatic rings. The second-order valence-corrected chi connectivity index (χ2v) is 5.28. The van der Waals surface area contributed by atoms with Crippen LogP contribution in [0.5, 0.6) is 0 Å². The molecule has 1 aliphatic carbocycles. The van der Waals surface area contributed by atoms with E-state index in [9.17, 15) is 4.79 Å². The molecule has 1 saturated carbocycles. The predicted molar refractivity (Wildman–Crippen MR) is 54.1 cm³/mol. The molecule has 0 aromatic carbocycles. The third kappa shape index (κ3) is 1.65. The molecule has 0 unspecified atom stereocenters. The summed E-state index contributed by atoms with van der Waals surface area (Å²) in [5.74, 6) is 0.941. The Labute approximate surface area is 85.1 Å². The molecule has 80 valence electrons. The molecule has 1 heterocycles. The number of carboxylic acid groups (broad SMARTS) is 1. The van der Waals surface area contributed by atoms with Crippen LogP contribution in [0.25, 0.3) is 0 Å². The SMILES string of the molecule is CC(C)C1CN(CC2(C(=O)O)CC2)C1. The molecular formula is C11H19NO2. The van der Waals surface area contributed by atoms with Crippen molar-refractivity contribution in [1.82, 2.24) is 4.90 Å². The van der Waals surface area contributed by atoms with Gasteiger partial charge in [-0.15, -0.1) is 0 Å². The molecule has 1 saturated heterocycles. The Morgan fingerprint density at radius 3 is 2.43 bits per heavy atom. The summed E-state index contributed by atoms with van der Waals surface area (Å²) in [6.45, 7) is 7.48. The number of aliphatic carboxylic acids is 1. The highest BCUT2D eigenvalue weighted by atomic mass is 16.4. The molecule has 0 aromatic heterocycles. The predicted octanol–water partition coefficient (Wildman–Crippen LogP) is 1.44. The molecule has 14 heavy (non-hydrogen) atoms. The molecule has 0 amide bonds. The van der Waals surface area contributed by atoms with Gasteiger partial charge in [-0.3, -0.25) is 4.79 Å². The lowest BCUT2D eigenvalue weighted by atomic mass is 9.87. The molecule has 0 bridgehead atoms. The van der Waals surface area contributed by atoms with Gasteiger partial charge in [0, 0.05) is 19.6 Å². The van der Waals surface area contributed by atoms with Crippen molar-refractivity contribution in [3.63, 3.8) is 0 Å². The minimum atomic E-state index is -0.592. The first-order valence-electron chi connectivity index (χ1n) is 5.49. The van der Waals surface area contributed by atoms with Gasteiger partial charge in [0.25, 0.3) is 0 Å². The highest BCUT2D eigenvalue weighted by molar-refractivity contribution is 5.78. The fraction of sp³-hybridized carbons (Fsp3) is 0.909. The zero-order valence-electron chi connectivity index (χ0n) is 8.99. The summed E-state index contributed by atoms with van der Waals surface area (Å²) in [4.78, 5) is 13.2. The maximum Gasteiger partial charge on any atom is 0.310 e. The van der Waals surface area contributed by atoms with E-state index in [1.807, 2.05) is 0 Å². The Hall–Kier alpha value is -0.570. The molecule has 0 atom stereocenters. The van der Waals surface area contributed by atoms with Crippen LogP contribution in [0.4, 0.5) is 0 Å². The van der Waals surface area contributed by atoms with Gasteiger partial charge < -0.3 is 10.0 Å². The zero-order valence-corrected chi connectivity index (χ0v) is 8.99. The van der Waals surface area contributed by atoms with Gasteiger partial charge >= 0.3 is 5.97 Å². The van der Waals surface area contributed by atoms with Gasteiger partial charge in [-0.1, -0.05) is 13.8 Å². The zero-order chi connectivity index (χ0) is 10.3. The number of carboxylic acids is 1. The van der Waals surface area contributed by atoms with Gasteiger partial charge in [-0.05, 0) is 24.7 Å². The minimum Gasteiger partial charge on any atom is -0.481 e. The van der Waals surface area contributed by atoms with Crippen molar-refractivity contribution in [3.05, 3.63) is 0 Å². The van der Waals surface area contributed by atoms with Crippen molar-refractivity contribution in [1.29, 1.82) is 0 Å². The topological polar surface area (TPSA) is 40.5 Å². The first-order valence-corrected chi connectivity index (χ1v) is 5.49. The van der Waals surface area contributed by atoms with Crippen molar-refractivity contribution in [3.8, 4) is 0 Å². The van der Waals surface area contributed by atoms with E-state index >= 15 is 0 Å². The van der Waals surface area contributed by atoms with Crippen LogP contribution >= 0.6 is 0 Å². The molecule has 0 spiro atoms. The van der Waals surface area contributed by atoms with E-state index in [-0.39, 0.29) is 5.41 Å². The summed E-state index contributed by atoms with van der Waals surface area (Å²) in [6.07, 6.45) is 1.76. The van der Waals surface area contributed by atoms with E-state index in [1.165, 1.54) is 0 Å². The smallest absolute Gasteiger partial charge is 0.310 e. The lowest BCUT2D eigenvalue weighted by Gasteiger charge is -2.42. The number of carbonyl (C=O) groups is 1. The van der Waals surface area contributed by atoms with Crippen molar-refractivity contribution in [2.75, 3.05) is 19.6 Å². The van der Waals surface area contributed by atoms with Crippen LogP contribution in [-0.2, 0) is 4.79 Å². The lowest BCUT2D eigenvalue weighted by molar-refractivity contribution is -0.145. The summed E-state index contributed by atoms with van der Waals surface area (Å²) >= 11 is 0. The van der Waals surface area contributed by atoms with Gasteiger partial charge in [0.15, 0.2) is 0 Å². The summed E-state index contributed by atoms with van der Waals surface area (Å²) in [5, 5.41) is 9.02. The third-order valence-electron chi connectivity index (χ3n) is 3.76. The van der Waals surface area contributed by atoms with Crippen molar-refractivity contribution in [2.45, 2.75) is 26.7 Å². The normalized spacial score (nSPS) is 26.2. The quantitative estimate of drug-likeness (QED) is 0.741. The van der Waals surface area contributed by atoms with E-state index in [0.717, 1.165) is 44.3 Å². The van der Waals surface area contributed by atoms with Crippen molar-refractivity contribution in [2.24, 2.45) is 17.3 Å². The first-order chi connectivity index (χ1) is 6.53. The van der Waals surface area contributed by atoms with Crippen LogP contribution in [0.2, 0.25) is 0 Å². The second-order valence-electron chi connectivity index (χ2n) is 5.28. The maximum absolute atomic E-state index is 10.9. The van der Waals surface area contributed by atoms with Gasteiger partial charge in [0.05, 0.1) is 5.41 Å². The van der Waals surface area contributed by atoms with Crippen molar-refractivity contribution >= 4 is 5.97 Å². The molecule has 0 radical (unpaired) electrons. The van der Waals surface area contributed by atoms with E-state index < -0.39 is 5.97 Å². The molecule has 2 fully saturated rings. The Balaban J connectivity index is 1.77. The van der Waals surface area contributed by atoms with Crippen LogP contribution < -0.4 is 0 Å². The fourth-order valence-electron chi connectivity index (χ4n) is 2.18. The highest BCUT2D eigenvalue weighted by Gasteiger charge is 2.52. The number of likely N-dealkylation sites (tertiary alicyclic amines) is 1. The monoisotopic (exact) mass is 197 g/mol. The first kappa shape index (κ1) is 9.97. The van der Waals surface area contributed by atoms with E-state index in [2.05, 4.69) is 18.7 Å². The lowest BCUT2D eigenvalue weighted by Crippen LogP contribution is -2.51. The van der Waals surface area contributed by atoms with Crippen LogP contribution in [0, 0.1) is 17.3 Å². The van der Waals surface area contributed by atoms with E-state index in [4.69, 9.17) is 5.11 Å². The Kier molecular flexibility index (Phi) is 2.30. The third-order valence-corrected chi connectivity index (χ3v) is 3.76. The molecule has 2 rings (SSSR count). The number of hydrogen-bond donors (Lipinski definition) is 1. The Morgan fingerprint density at radius 1 is 1.50 bits per heavy atom. The van der Waals surface area contributed by atoms with E-state index in [1.54, 1.807) is 0 Å². The second kappa shape index (κ2) is 3.23. The summed E-state index contributed by atoms with van der Waals surface area (Å²) in [5.41, 5.74) is -0.359. The van der Waals surface area contributed by atoms with Gasteiger partial charge in [0.1, 0.15) is 0 Å². The number of nitrogens with zero attached hydrogens (tertiary/aromatic N) is 1. The van der Waals surface area contributed by atoms with Crippen LogP contribution in [0.15, 0.2) is 0 Å². The largest absolute Gasteiger partial charge is 0.481 e. The molecule has 1 N–H and O–H groups in total. The highest BCUT2D eigenvalue weighted by Crippen LogP contribution is 2.47. The number of hydrogen-bond acceptors (Lipinski definition) is 2. The molecule has 0 aromatic rings. The molecule has 1 aliphatic heterocycles. The molecular weight excluding hydrogens is 178 g/mol. The average molecular weight is 197 g/mol. The van der Waals surface area contributed by atoms with Gasteiger partial charge in [0.2, 0.25) is 0 Å². The van der Waals surface area contributed by atoms with Gasteiger partial charge in [-0.25, -0.2) is 0 Å². The average Bonchev–Trinajstić information content (AvgIpc) is 2.75. The van der Waals surface area contributed by atoms with E-state index in [0.29, 0.717) is 0 Å². The minimum absolute atomic E-state index is 0.359. The van der Waals surface area contributed by atoms with Gasteiger partial charge in [-0.2, -0.15) is 0 Å². The Morgan fingerprint density at radius 2 is 2.07 bits per heavy atom. The fourth-order valence-corrected chi connectivity index (χ4v) is 2.18. The molecule has 3 nitrogen and oxygen atoms in total. The van der Waals surface area contributed by atoms with Crippen LogP contribution in [0.1, 0.15) is 26.7 Å². The summed E-state index contributed by atoms with van der Waals surface area (Å²) in [6, 6.07) is 0. The number of rotatable bonds is 4. The van der Waals surface area contributed by atoms with Crippen LogP contribution in [-0.4, -0.2) is 35.6 Å². The Bertz CT molecular complexity index is 240.